The molecule has 0 saturated carbocycles. The average molecular weight is 438 g/mol. The van der Waals surface area contributed by atoms with Gasteiger partial charge in [0.2, 0.25) is 0 Å². The Morgan fingerprint density at radius 1 is 1.10 bits per heavy atom. The lowest BCUT2D eigenvalue weighted by molar-refractivity contribution is 0.296. The van der Waals surface area contributed by atoms with Gasteiger partial charge in [-0.25, -0.2) is 0 Å². The van der Waals surface area contributed by atoms with Crippen LogP contribution in [0.5, 0.6) is 11.5 Å². The molecule has 31 heavy (non-hydrogen) atoms. The molecule has 0 spiro atoms. The Morgan fingerprint density at radius 3 is 2.71 bits per heavy atom. The molecule has 4 rings (SSSR count). The first-order valence-corrected chi connectivity index (χ1v) is 12.6. The third kappa shape index (κ3) is 5.48. The fourth-order valence-corrected chi connectivity index (χ4v) is 5.60. The molecule has 1 aliphatic heterocycles. The minimum atomic E-state index is 0.524. The Labute approximate surface area is 191 Å². The Hall–Kier alpha value is -1.91. The third-order valence-electron chi connectivity index (χ3n) is 6.34. The molecule has 1 aliphatic carbocycles. The van der Waals surface area contributed by atoms with Gasteiger partial charge in [-0.3, -0.25) is 4.90 Å². The van der Waals surface area contributed by atoms with E-state index in [2.05, 4.69) is 62.1 Å². The molecule has 0 radical (unpaired) electrons. The van der Waals surface area contributed by atoms with Crippen LogP contribution in [0.25, 0.3) is 5.57 Å². The zero-order valence-corrected chi connectivity index (χ0v) is 20.2. The van der Waals surface area contributed by atoms with E-state index in [0.29, 0.717) is 12.5 Å². The molecular weight excluding hydrogens is 402 g/mol. The lowest BCUT2D eigenvalue weighted by atomic mass is 9.86. The van der Waals surface area contributed by atoms with Gasteiger partial charge < -0.3 is 9.47 Å². The maximum absolute atomic E-state index is 6.18. The largest absolute Gasteiger partial charge is 0.496 e. The predicted molar refractivity (Wildman–Crippen MR) is 132 cm³/mol. The van der Waals surface area contributed by atoms with E-state index in [4.69, 9.17) is 9.47 Å². The van der Waals surface area contributed by atoms with Crippen LogP contribution in [0, 0.1) is 5.92 Å². The van der Waals surface area contributed by atoms with Gasteiger partial charge in [-0.1, -0.05) is 37.6 Å². The number of nitrogens with zero attached hydrogens (tertiary/aromatic N) is 1. The second kappa shape index (κ2) is 10.1. The number of fused-ring (bicyclic) bond motifs is 1. The number of hydrogen-bond donors (Lipinski definition) is 0. The highest BCUT2D eigenvalue weighted by Gasteiger charge is 2.20. The maximum atomic E-state index is 6.18. The summed E-state index contributed by atoms with van der Waals surface area (Å²) in [6.45, 7) is 9.65. The van der Waals surface area contributed by atoms with Crippen molar-refractivity contribution in [2.45, 2.75) is 46.6 Å². The van der Waals surface area contributed by atoms with Crippen molar-refractivity contribution in [2.24, 2.45) is 5.92 Å². The molecule has 0 aromatic heterocycles. The Kier molecular flexibility index (Phi) is 7.29. The normalized spacial score (nSPS) is 16.7. The van der Waals surface area contributed by atoms with Crippen LogP contribution in [0.3, 0.4) is 0 Å². The van der Waals surface area contributed by atoms with E-state index >= 15 is 0 Å². The van der Waals surface area contributed by atoms with Crippen molar-refractivity contribution in [3.63, 3.8) is 0 Å². The zero-order valence-electron chi connectivity index (χ0n) is 19.4. The fourth-order valence-electron chi connectivity index (χ4n) is 4.61. The predicted octanol–water partition coefficient (Wildman–Crippen LogP) is 6.20. The smallest absolute Gasteiger partial charge is 0.125 e. The number of aryl methyl sites for hydroxylation is 1. The number of thioether (sulfide) groups is 1. The van der Waals surface area contributed by atoms with Crippen LogP contribution in [0.4, 0.5) is 0 Å². The summed E-state index contributed by atoms with van der Waals surface area (Å²) in [5.41, 5.74) is 8.29. The quantitative estimate of drug-likeness (QED) is 0.490. The summed E-state index contributed by atoms with van der Waals surface area (Å²) < 4.78 is 11.8. The van der Waals surface area contributed by atoms with Crippen LogP contribution in [-0.2, 0) is 19.4 Å². The molecule has 0 atom stereocenters. The molecule has 4 heteroatoms. The minimum absolute atomic E-state index is 0.524. The summed E-state index contributed by atoms with van der Waals surface area (Å²) in [6.07, 6.45) is 3.33. The van der Waals surface area contributed by atoms with Gasteiger partial charge in [-0.15, -0.1) is 11.8 Å². The molecular formula is C27H35NO2S. The molecule has 0 amide bonds. The van der Waals surface area contributed by atoms with E-state index in [-0.39, 0.29) is 0 Å². The summed E-state index contributed by atoms with van der Waals surface area (Å²) in [5.74, 6) is 4.95. The molecule has 0 N–H and O–H groups in total. The van der Waals surface area contributed by atoms with Crippen LogP contribution < -0.4 is 9.47 Å². The van der Waals surface area contributed by atoms with Crippen LogP contribution in [-0.4, -0.2) is 36.7 Å². The highest BCUT2D eigenvalue weighted by Crippen LogP contribution is 2.34. The number of methoxy groups -OCH3 is 1. The van der Waals surface area contributed by atoms with Gasteiger partial charge in [0.15, 0.2) is 0 Å². The summed E-state index contributed by atoms with van der Waals surface area (Å²) in [4.78, 5) is 2.58. The van der Waals surface area contributed by atoms with Gasteiger partial charge in [0.1, 0.15) is 18.1 Å². The summed E-state index contributed by atoms with van der Waals surface area (Å²) in [5, 5.41) is 0. The van der Waals surface area contributed by atoms with Gasteiger partial charge in [-0.05, 0) is 72.6 Å². The molecule has 1 heterocycles. The zero-order chi connectivity index (χ0) is 21.8. The molecule has 1 saturated heterocycles. The lowest BCUT2D eigenvalue weighted by Gasteiger charge is -2.25. The van der Waals surface area contributed by atoms with Gasteiger partial charge in [-0.2, -0.15) is 0 Å². The van der Waals surface area contributed by atoms with Gasteiger partial charge in [0.25, 0.3) is 0 Å². The summed E-state index contributed by atoms with van der Waals surface area (Å²) in [6, 6.07) is 13.1. The molecule has 2 aromatic carbocycles. The van der Waals surface area contributed by atoms with Crippen LogP contribution >= 0.6 is 11.8 Å². The van der Waals surface area contributed by atoms with Crippen molar-refractivity contribution in [2.75, 3.05) is 31.8 Å². The van der Waals surface area contributed by atoms with E-state index in [0.717, 1.165) is 42.9 Å². The molecule has 0 bridgehead atoms. The standard InChI is InChI=1S/C27H35NO2S/c1-19(2)13-21-5-6-24(27(14-21)29-4)17-30-25-9-10-26-20(3)23(8-7-22(26)15-25)16-28-11-12-31-18-28/h5-6,9-10,14-15,19H,7-8,11-13,16-18H2,1-4H3. The van der Waals surface area contributed by atoms with Gasteiger partial charge in [0, 0.05) is 30.3 Å². The first kappa shape index (κ1) is 22.3. The topological polar surface area (TPSA) is 21.7 Å². The SMILES string of the molecule is COc1cc(CC(C)C)ccc1COc1ccc2c(c1)CCC(CN1CCSC1)=C2C. The number of rotatable bonds is 8. The first-order valence-electron chi connectivity index (χ1n) is 11.4. The summed E-state index contributed by atoms with van der Waals surface area (Å²) in [7, 11) is 1.74. The Morgan fingerprint density at radius 2 is 1.97 bits per heavy atom. The highest BCUT2D eigenvalue weighted by atomic mass is 32.2. The van der Waals surface area contributed by atoms with E-state index in [1.165, 1.54) is 40.4 Å². The fraction of sp³-hybridized carbons (Fsp3) is 0.481. The Balaban J connectivity index is 1.44. The van der Waals surface area contributed by atoms with E-state index < -0.39 is 0 Å². The maximum Gasteiger partial charge on any atom is 0.125 e. The average Bonchev–Trinajstić information content (AvgIpc) is 3.27. The number of allylic oxidation sites excluding steroid dienone is 1. The second-order valence-corrected chi connectivity index (χ2v) is 10.2. The lowest BCUT2D eigenvalue weighted by Crippen LogP contribution is -2.24. The van der Waals surface area contributed by atoms with E-state index in [9.17, 15) is 0 Å². The van der Waals surface area contributed by atoms with Crippen molar-refractivity contribution in [3.8, 4) is 11.5 Å². The van der Waals surface area contributed by atoms with Crippen molar-refractivity contribution >= 4 is 17.3 Å². The first-order chi connectivity index (χ1) is 15.0. The van der Waals surface area contributed by atoms with Crippen molar-refractivity contribution < 1.29 is 9.47 Å². The number of ether oxygens (including phenoxy) is 2. The minimum Gasteiger partial charge on any atom is -0.496 e. The van der Waals surface area contributed by atoms with Crippen molar-refractivity contribution in [1.29, 1.82) is 0 Å². The van der Waals surface area contributed by atoms with Crippen molar-refractivity contribution in [1.82, 2.24) is 4.90 Å². The van der Waals surface area contributed by atoms with E-state index in [1.54, 1.807) is 12.7 Å². The third-order valence-corrected chi connectivity index (χ3v) is 7.36. The highest BCUT2D eigenvalue weighted by molar-refractivity contribution is 7.99. The molecule has 2 aromatic rings. The van der Waals surface area contributed by atoms with Crippen LogP contribution in [0.1, 0.15) is 49.4 Å². The number of benzene rings is 2. The number of hydrogen-bond acceptors (Lipinski definition) is 4. The molecule has 1 fully saturated rings. The molecule has 3 nitrogen and oxygen atoms in total. The second-order valence-electron chi connectivity index (χ2n) is 9.17. The monoisotopic (exact) mass is 437 g/mol. The molecule has 0 unspecified atom stereocenters. The molecule has 2 aliphatic rings. The van der Waals surface area contributed by atoms with Crippen LogP contribution in [0.15, 0.2) is 42.0 Å². The van der Waals surface area contributed by atoms with Gasteiger partial charge >= 0.3 is 0 Å². The Bertz CT molecular complexity index is 944. The van der Waals surface area contributed by atoms with Crippen LogP contribution in [0.2, 0.25) is 0 Å². The van der Waals surface area contributed by atoms with E-state index in [1.807, 2.05) is 11.8 Å². The van der Waals surface area contributed by atoms with Gasteiger partial charge in [0.05, 0.1) is 7.11 Å². The summed E-state index contributed by atoms with van der Waals surface area (Å²) >= 11 is 2.05. The van der Waals surface area contributed by atoms with Crippen molar-refractivity contribution in [3.05, 3.63) is 64.2 Å². The molecule has 166 valence electrons.